The molecule has 0 amide bonds. The Morgan fingerprint density at radius 3 is 2.43 bits per heavy atom. The summed E-state index contributed by atoms with van der Waals surface area (Å²) in [6, 6.07) is 3.99. The van der Waals surface area contributed by atoms with E-state index in [4.69, 9.17) is 9.47 Å². The molecule has 0 radical (unpaired) electrons. The zero-order chi connectivity index (χ0) is 17.0. The van der Waals surface area contributed by atoms with Gasteiger partial charge in [0, 0.05) is 10.7 Å². The van der Waals surface area contributed by atoms with Crippen molar-refractivity contribution >= 4 is 33.6 Å². The lowest BCUT2D eigenvalue weighted by Crippen LogP contribution is -2.27. The van der Waals surface area contributed by atoms with Gasteiger partial charge >= 0.3 is 11.9 Å². The summed E-state index contributed by atoms with van der Waals surface area (Å²) in [5.74, 6) is -1.85. The van der Waals surface area contributed by atoms with Crippen molar-refractivity contribution < 1.29 is 23.5 Å². The molecule has 1 aromatic rings. The van der Waals surface area contributed by atoms with Crippen LogP contribution in [0.4, 0.5) is 10.1 Å². The first-order chi connectivity index (χ1) is 11.0. The molecule has 0 saturated heterocycles. The Morgan fingerprint density at radius 2 is 1.83 bits per heavy atom. The highest BCUT2D eigenvalue weighted by Gasteiger charge is 2.28. The van der Waals surface area contributed by atoms with Gasteiger partial charge in [0.15, 0.2) is 0 Å². The maximum Gasteiger partial charge on any atom is 0.355 e. The quantitative estimate of drug-likeness (QED) is 0.753. The van der Waals surface area contributed by atoms with E-state index in [2.05, 4.69) is 15.9 Å². The third-order valence-electron chi connectivity index (χ3n) is 3.06. The highest BCUT2D eigenvalue weighted by molar-refractivity contribution is 9.10. The van der Waals surface area contributed by atoms with Gasteiger partial charge in [-0.15, -0.1) is 0 Å². The van der Waals surface area contributed by atoms with Gasteiger partial charge < -0.3 is 14.4 Å². The lowest BCUT2D eigenvalue weighted by molar-refractivity contribution is -0.139. The first-order valence-electron chi connectivity index (χ1n) is 6.49. The van der Waals surface area contributed by atoms with E-state index in [9.17, 15) is 14.0 Å². The predicted molar refractivity (Wildman–Crippen MR) is 85.9 cm³/mol. The van der Waals surface area contributed by atoms with Gasteiger partial charge in [-0.25, -0.2) is 14.0 Å². The number of nitrogens with zero attached hydrogens (tertiary/aromatic N) is 1. The van der Waals surface area contributed by atoms with Crippen molar-refractivity contribution in [2.45, 2.75) is 0 Å². The van der Waals surface area contributed by atoms with Crippen LogP contribution in [0.5, 0.6) is 0 Å². The lowest BCUT2D eigenvalue weighted by Gasteiger charge is -2.24. The summed E-state index contributed by atoms with van der Waals surface area (Å²) in [6.07, 6.45) is 6.24. The highest BCUT2D eigenvalue weighted by atomic mass is 79.9. The Morgan fingerprint density at radius 1 is 1.13 bits per heavy atom. The monoisotopic (exact) mass is 381 g/mol. The number of benzene rings is 1. The third-order valence-corrected chi connectivity index (χ3v) is 3.69. The van der Waals surface area contributed by atoms with E-state index in [1.54, 1.807) is 18.4 Å². The Labute approximate surface area is 140 Å². The number of allylic oxidation sites excluding steroid dienone is 2. The zero-order valence-corrected chi connectivity index (χ0v) is 14.0. The van der Waals surface area contributed by atoms with E-state index in [1.807, 2.05) is 0 Å². The minimum absolute atomic E-state index is 0.0283. The van der Waals surface area contributed by atoms with Gasteiger partial charge in [0.2, 0.25) is 0 Å². The second kappa shape index (κ2) is 7.23. The molecule has 2 rings (SSSR count). The van der Waals surface area contributed by atoms with Crippen molar-refractivity contribution in [3.05, 3.63) is 64.2 Å². The van der Waals surface area contributed by atoms with Crippen LogP contribution in [0.1, 0.15) is 0 Å². The average Bonchev–Trinajstić information content (AvgIpc) is 2.76. The van der Waals surface area contributed by atoms with Gasteiger partial charge in [0.25, 0.3) is 0 Å². The lowest BCUT2D eigenvalue weighted by atomic mass is 10.1. The largest absolute Gasteiger partial charge is 0.465 e. The average molecular weight is 382 g/mol. The Bertz CT molecular complexity index is 740. The SMILES string of the molecule is COC(=O)C1=C(C(=O)OC)N(c2ccc(F)cc2Br)C=CC=C1. The molecule has 1 aliphatic rings. The summed E-state index contributed by atoms with van der Waals surface area (Å²) in [5, 5.41) is 0. The molecule has 7 heteroatoms. The number of hydrogen-bond acceptors (Lipinski definition) is 5. The fourth-order valence-corrected chi connectivity index (χ4v) is 2.57. The van der Waals surface area contributed by atoms with Crippen molar-refractivity contribution in [2.75, 3.05) is 19.1 Å². The van der Waals surface area contributed by atoms with Crippen LogP contribution in [0, 0.1) is 5.82 Å². The van der Waals surface area contributed by atoms with Crippen molar-refractivity contribution in [2.24, 2.45) is 0 Å². The van der Waals surface area contributed by atoms with E-state index in [1.165, 1.54) is 43.4 Å². The van der Waals surface area contributed by atoms with Crippen LogP contribution in [-0.2, 0) is 19.1 Å². The molecule has 0 fully saturated rings. The second-order valence-corrected chi connectivity index (χ2v) is 5.27. The number of carbonyl (C=O) groups is 2. The molecule has 0 N–H and O–H groups in total. The van der Waals surface area contributed by atoms with E-state index >= 15 is 0 Å². The van der Waals surface area contributed by atoms with E-state index < -0.39 is 17.8 Å². The smallest absolute Gasteiger partial charge is 0.355 e. The fourth-order valence-electron chi connectivity index (χ4n) is 2.03. The minimum atomic E-state index is -0.724. The summed E-state index contributed by atoms with van der Waals surface area (Å²) in [4.78, 5) is 25.7. The van der Waals surface area contributed by atoms with Gasteiger partial charge in [-0.1, -0.05) is 6.08 Å². The van der Waals surface area contributed by atoms with Crippen LogP contribution in [0.3, 0.4) is 0 Å². The van der Waals surface area contributed by atoms with Gasteiger partial charge in [0.1, 0.15) is 11.5 Å². The summed E-state index contributed by atoms with van der Waals surface area (Å²) in [5.41, 5.74) is 0.463. The molecular formula is C16H13BrFNO4. The highest BCUT2D eigenvalue weighted by Crippen LogP contribution is 2.32. The normalized spacial score (nSPS) is 13.8. The van der Waals surface area contributed by atoms with E-state index in [0.29, 0.717) is 10.2 Å². The number of rotatable bonds is 3. The van der Waals surface area contributed by atoms with Crippen LogP contribution in [0.15, 0.2) is 58.4 Å². The third kappa shape index (κ3) is 3.50. The molecule has 120 valence electrons. The minimum Gasteiger partial charge on any atom is -0.465 e. The van der Waals surface area contributed by atoms with Gasteiger partial charge in [0.05, 0.1) is 25.5 Å². The summed E-state index contributed by atoms with van der Waals surface area (Å²) in [6.45, 7) is 0. The fraction of sp³-hybridized carbons (Fsp3) is 0.125. The molecule has 23 heavy (non-hydrogen) atoms. The van der Waals surface area contributed by atoms with Gasteiger partial charge in [-0.3, -0.25) is 0 Å². The topological polar surface area (TPSA) is 55.8 Å². The molecule has 1 heterocycles. The molecule has 5 nitrogen and oxygen atoms in total. The zero-order valence-electron chi connectivity index (χ0n) is 12.4. The molecular weight excluding hydrogens is 369 g/mol. The summed E-state index contributed by atoms with van der Waals surface area (Å²) < 4.78 is 23.2. The molecule has 0 bridgehead atoms. The second-order valence-electron chi connectivity index (χ2n) is 4.41. The predicted octanol–water partition coefficient (Wildman–Crippen LogP) is 3.08. The maximum absolute atomic E-state index is 13.3. The van der Waals surface area contributed by atoms with Gasteiger partial charge in [-0.2, -0.15) is 0 Å². The van der Waals surface area contributed by atoms with Crippen molar-refractivity contribution in [3.63, 3.8) is 0 Å². The van der Waals surface area contributed by atoms with Crippen molar-refractivity contribution in [1.29, 1.82) is 0 Å². The Hall–Kier alpha value is -2.41. The van der Waals surface area contributed by atoms with Crippen LogP contribution >= 0.6 is 15.9 Å². The molecule has 0 saturated carbocycles. The van der Waals surface area contributed by atoms with Crippen LogP contribution in [0.25, 0.3) is 0 Å². The first kappa shape index (κ1) is 17.0. The first-order valence-corrected chi connectivity index (χ1v) is 7.29. The Kier molecular flexibility index (Phi) is 5.33. The van der Waals surface area contributed by atoms with Crippen molar-refractivity contribution in [1.82, 2.24) is 0 Å². The summed E-state index contributed by atoms with van der Waals surface area (Å²) >= 11 is 3.25. The summed E-state index contributed by atoms with van der Waals surface area (Å²) in [7, 11) is 2.43. The maximum atomic E-state index is 13.3. The van der Waals surface area contributed by atoms with E-state index in [0.717, 1.165) is 0 Å². The molecule has 0 unspecified atom stereocenters. The number of ether oxygens (including phenoxy) is 2. The Balaban J connectivity index is 2.68. The number of anilines is 1. The molecule has 0 aliphatic carbocycles. The standard InChI is InChI=1S/C16H13BrFNO4/c1-22-15(20)11-5-3-4-8-19(14(11)16(21)23-2)13-7-6-10(18)9-12(13)17/h3-9H,1-2H3. The van der Waals surface area contributed by atoms with Crippen LogP contribution in [0.2, 0.25) is 0 Å². The molecule has 0 atom stereocenters. The van der Waals surface area contributed by atoms with Gasteiger partial charge in [-0.05, 0) is 46.3 Å². The number of hydrogen-bond donors (Lipinski definition) is 0. The van der Waals surface area contributed by atoms with Crippen molar-refractivity contribution in [3.8, 4) is 0 Å². The van der Waals surface area contributed by atoms with Crippen LogP contribution in [-0.4, -0.2) is 26.2 Å². The molecule has 0 aromatic heterocycles. The number of esters is 2. The van der Waals surface area contributed by atoms with E-state index in [-0.39, 0.29) is 11.3 Å². The number of halogens is 2. The molecule has 1 aromatic carbocycles. The molecule has 1 aliphatic heterocycles. The number of methoxy groups -OCH3 is 2. The number of carbonyl (C=O) groups excluding carboxylic acids is 2. The molecule has 0 spiro atoms. The van der Waals surface area contributed by atoms with Crippen LogP contribution < -0.4 is 4.90 Å².